The first-order valence-electron chi connectivity index (χ1n) is 7.35. The Morgan fingerprint density at radius 2 is 1.75 bits per heavy atom. The second-order valence-electron chi connectivity index (χ2n) is 5.47. The van der Waals surface area contributed by atoms with Gasteiger partial charge in [0, 0.05) is 11.6 Å². The molecule has 1 saturated heterocycles. The van der Waals surface area contributed by atoms with Crippen LogP contribution in [-0.2, 0) is 10.0 Å². The number of halogens is 3. The van der Waals surface area contributed by atoms with Crippen LogP contribution in [0.2, 0.25) is 0 Å². The lowest BCUT2D eigenvalue weighted by molar-refractivity contribution is -0.123. The lowest BCUT2D eigenvalue weighted by Gasteiger charge is -2.23. The van der Waals surface area contributed by atoms with Crippen molar-refractivity contribution in [2.45, 2.75) is 30.0 Å². The smallest absolute Gasteiger partial charge is 0.343 e. The largest absolute Gasteiger partial charge is 0.405 e. The zero-order chi connectivity index (χ0) is 17.8. The molecule has 0 unspecified atom stereocenters. The molecule has 0 atom stereocenters. The Kier molecular flexibility index (Phi) is 5.83. The van der Waals surface area contributed by atoms with E-state index in [1.807, 2.05) is 0 Å². The number of sulfonamides is 1. The van der Waals surface area contributed by atoms with Crippen molar-refractivity contribution < 1.29 is 26.4 Å². The Labute approximate surface area is 137 Å². The van der Waals surface area contributed by atoms with Gasteiger partial charge >= 0.3 is 6.18 Å². The minimum absolute atomic E-state index is 0.0339. The molecular weight excluding hydrogens is 347 g/mol. The van der Waals surface area contributed by atoms with Crippen molar-refractivity contribution in [1.29, 1.82) is 0 Å². The Morgan fingerprint density at radius 3 is 2.29 bits per heavy atom. The number of benzene rings is 1. The van der Waals surface area contributed by atoms with E-state index in [9.17, 15) is 26.4 Å². The topological polar surface area (TPSA) is 87.3 Å². The summed E-state index contributed by atoms with van der Waals surface area (Å²) in [6, 6.07) is 4.61. The van der Waals surface area contributed by atoms with Crippen LogP contribution in [-0.4, -0.2) is 46.2 Å². The van der Waals surface area contributed by atoms with Crippen LogP contribution < -0.4 is 15.4 Å². The van der Waals surface area contributed by atoms with Crippen LogP contribution in [0, 0.1) is 0 Å². The van der Waals surface area contributed by atoms with Crippen LogP contribution in [0.3, 0.4) is 0 Å². The summed E-state index contributed by atoms with van der Waals surface area (Å²) in [5.41, 5.74) is -0.0416. The van der Waals surface area contributed by atoms with E-state index >= 15 is 0 Å². The van der Waals surface area contributed by atoms with Gasteiger partial charge in [0.1, 0.15) is 6.54 Å². The van der Waals surface area contributed by atoms with Gasteiger partial charge in [0.2, 0.25) is 10.0 Å². The fourth-order valence-corrected chi connectivity index (χ4v) is 3.60. The minimum atomic E-state index is -4.50. The maximum Gasteiger partial charge on any atom is 0.405 e. The number of piperidine rings is 1. The van der Waals surface area contributed by atoms with Crippen LogP contribution in [0.15, 0.2) is 29.2 Å². The SMILES string of the molecule is O=C(NCC(F)(F)F)c1ccc(S(=O)(=O)NC2CCNCC2)cc1. The molecule has 1 aromatic carbocycles. The van der Waals surface area contributed by atoms with E-state index in [4.69, 9.17) is 0 Å². The van der Waals surface area contributed by atoms with Crippen LogP contribution in [0.4, 0.5) is 13.2 Å². The number of carbonyl (C=O) groups excluding carboxylic acids is 1. The average Bonchev–Trinajstić information content (AvgIpc) is 2.52. The Morgan fingerprint density at radius 1 is 1.17 bits per heavy atom. The van der Waals surface area contributed by atoms with Gasteiger partial charge in [0.05, 0.1) is 4.90 Å². The highest BCUT2D eigenvalue weighted by atomic mass is 32.2. The molecule has 1 aliphatic heterocycles. The molecule has 1 heterocycles. The van der Waals surface area contributed by atoms with Gasteiger partial charge in [0.15, 0.2) is 0 Å². The Bertz CT molecular complexity index is 669. The molecule has 1 amide bonds. The number of hydrogen-bond acceptors (Lipinski definition) is 4. The third-order valence-corrected chi connectivity index (χ3v) is 5.07. The fourth-order valence-electron chi connectivity index (χ4n) is 2.30. The summed E-state index contributed by atoms with van der Waals surface area (Å²) in [5, 5.41) is 4.85. The zero-order valence-corrected chi connectivity index (χ0v) is 13.5. The van der Waals surface area contributed by atoms with Gasteiger partial charge in [-0.1, -0.05) is 0 Å². The quantitative estimate of drug-likeness (QED) is 0.727. The van der Waals surface area contributed by atoms with Crippen molar-refractivity contribution in [2.24, 2.45) is 0 Å². The molecule has 3 N–H and O–H groups in total. The highest BCUT2D eigenvalue weighted by Crippen LogP contribution is 2.15. The predicted molar refractivity (Wildman–Crippen MR) is 81.0 cm³/mol. The van der Waals surface area contributed by atoms with Gasteiger partial charge in [-0.05, 0) is 50.2 Å². The molecular formula is C14H18F3N3O3S. The Balaban J connectivity index is 2.01. The molecule has 134 valence electrons. The van der Waals surface area contributed by atoms with Gasteiger partial charge in [-0.2, -0.15) is 13.2 Å². The first kappa shape index (κ1) is 18.7. The highest BCUT2D eigenvalue weighted by Gasteiger charge is 2.28. The summed E-state index contributed by atoms with van der Waals surface area (Å²) in [6.45, 7) is 0.0140. The number of amides is 1. The van der Waals surface area contributed by atoms with Gasteiger partial charge in [-0.25, -0.2) is 13.1 Å². The Hall–Kier alpha value is -1.65. The van der Waals surface area contributed by atoms with Gasteiger partial charge in [-0.15, -0.1) is 0 Å². The monoisotopic (exact) mass is 365 g/mol. The van der Waals surface area contributed by atoms with Crippen LogP contribution in [0.25, 0.3) is 0 Å². The molecule has 1 aromatic rings. The third-order valence-electron chi connectivity index (χ3n) is 3.54. The first-order valence-corrected chi connectivity index (χ1v) is 8.84. The summed E-state index contributed by atoms with van der Waals surface area (Å²) in [5.74, 6) is -0.914. The van der Waals surface area contributed by atoms with Crippen molar-refractivity contribution >= 4 is 15.9 Å². The predicted octanol–water partition coefficient (Wildman–Crippen LogP) is 1.01. The average molecular weight is 365 g/mol. The molecule has 0 aromatic heterocycles. The van der Waals surface area contributed by atoms with Crippen molar-refractivity contribution in [3.63, 3.8) is 0 Å². The number of nitrogens with one attached hydrogen (secondary N) is 3. The zero-order valence-electron chi connectivity index (χ0n) is 12.7. The number of hydrogen-bond donors (Lipinski definition) is 3. The summed E-state index contributed by atoms with van der Waals surface area (Å²) in [4.78, 5) is 11.6. The van der Waals surface area contributed by atoms with E-state index in [1.165, 1.54) is 24.3 Å². The van der Waals surface area contributed by atoms with Crippen LogP contribution >= 0.6 is 0 Å². The van der Waals surface area contributed by atoms with Gasteiger partial charge in [0.25, 0.3) is 5.91 Å². The van der Waals surface area contributed by atoms with E-state index in [2.05, 4.69) is 10.0 Å². The van der Waals surface area contributed by atoms with E-state index < -0.39 is 28.7 Å². The molecule has 0 spiro atoms. The highest BCUT2D eigenvalue weighted by molar-refractivity contribution is 7.89. The molecule has 1 aliphatic rings. The second kappa shape index (κ2) is 7.49. The molecule has 10 heteroatoms. The summed E-state index contributed by atoms with van der Waals surface area (Å²) >= 11 is 0. The standard InChI is InChI=1S/C14H18F3N3O3S/c15-14(16,17)9-19-13(21)10-1-3-12(4-2-10)24(22,23)20-11-5-7-18-8-6-11/h1-4,11,18,20H,5-9H2,(H,19,21). The summed E-state index contributed by atoms with van der Waals surface area (Å²) in [6.07, 6.45) is -3.15. The van der Waals surface area contributed by atoms with Crippen LogP contribution in [0.1, 0.15) is 23.2 Å². The van der Waals surface area contributed by atoms with Gasteiger partial charge in [-0.3, -0.25) is 4.79 Å². The second-order valence-corrected chi connectivity index (χ2v) is 7.18. The maximum absolute atomic E-state index is 12.3. The van der Waals surface area contributed by atoms with Gasteiger partial charge < -0.3 is 10.6 Å². The molecule has 0 saturated carbocycles. The molecule has 0 aliphatic carbocycles. The van der Waals surface area contributed by atoms with E-state index in [1.54, 1.807) is 5.32 Å². The third kappa shape index (κ3) is 5.46. The minimum Gasteiger partial charge on any atom is -0.343 e. The molecule has 1 fully saturated rings. The summed E-state index contributed by atoms with van der Waals surface area (Å²) in [7, 11) is -3.73. The lowest BCUT2D eigenvalue weighted by atomic mass is 10.1. The van der Waals surface area contributed by atoms with Crippen molar-refractivity contribution in [3.8, 4) is 0 Å². The van der Waals surface area contributed by atoms with Crippen molar-refractivity contribution in [1.82, 2.24) is 15.4 Å². The maximum atomic E-state index is 12.3. The van der Waals surface area contributed by atoms with Crippen LogP contribution in [0.5, 0.6) is 0 Å². The molecule has 0 bridgehead atoms. The molecule has 24 heavy (non-hydrogen) atoms. The first-order chi connectivity index (χ1) is 11.2. The number of carbonyl (C=O) groups is 1. The molecule has 0 radical (unpaired) electrons. The molecule has 2 rings (SSSR count). The normalized spacial score (nSPS) is 16.8. The van der Waals surface area contributed by atoms with Crippen molar-refractivity contribution in [2.75, 3.05) is 19.6 Å². The van der Waals surface area contributed by atoms with E-state index in [0.29, 0.717) is 12.8 Å². The number of rotatable bonds is 5. The molecule has 6 nitrogen and oxygen atoms in total. The lowest BCUT2D eigenvalue weighted by Crippen LogP contribution is -2.42. The van der Waals surface area contributed by atoms with E-state index in [0.717, 1.165) is 13.1 Å². The van der Waals surface area contributed by atoms with Crippen molar-refractivity contribution in [3.05, 3.63) is 29.8 Å². The fraction of sp³-hybridized carbons (Fsp3) is 0.500. The summed E-state index contributed by atoms with van der Waals surface area (Å²) < 4.78 is 63.3. The van der Waals surface area contributed by atoms with E-state index in [-0.39, 0.29) is 16.5 Å². The number of alkyl halides is 3.